The van der Waals surface area contributed by atoms with Crippen molar-refractivity contribution in [2.24, 2.45) is 0 Å². The van der Waals surface area contributed by atoms with Crippen molar-refractivity contribution in [1.82, 2.24) is 40.1 Å². The van der Waals surface area contributed by atoms with Crippen LogP contribution in [0.2, 0.25) is 0 Å². The van der Waals surface area contributed by atoms with E-state index in [0.717, 1.165) is 54.8 Å². The van der Waals surface area contributed by atoms with Crippen LogP contribution in [0.25, 0.3) is 28.0 Å². The SMILES string of the molecule is CC1COCCN1c1cc(-c2cnn(C3CCNCC3)c2)c2c(N)nn(-c3ccn[nH]3)c2n1. The van der Waals surface area contributed by atoms with E-state index in [0.29, 0.717) is 36.5 Å². The summed E-state index contributed by atoms with van der Waals surface area (Å²) in [4.78, 5) is 7.30. The number of aromatic nitrogens is 7. The first kappa shape index (κ1) is 20.2. The summed E-state index contributed by atoms with van der Waals surface area (Å²) in [6.07, 6.45) is 7.89. The molecule has 0 radical (unpaired) electrons. The Hall–Kier alpha value is -3.44. The first-order chi connectivity index (χ1) is 16.2. The maximum absolute atomic E-state index is 6.45. The molecule has 6 rings (SSSR count). The number of morpholine rings is 1. The van der Waals surface area contributed by atoms with E-state index in [9.17, 15) is 0 Å². The molecule has 4 N–H and O–H groups in total. The average molecular weight is 449 g/mol. The highest BCUT2D eigenvalue weighted by Gasteiger charge is 2.26. The van der Waals surface area contributed by atoms with Gasteiger partial charge in [-0.2, -0.15) is 14.9 Å². The standard InChI is InChI=1S/C22H28N10O/c1-14-13-33-9-8-30(14)19-10-17(15-11-26-31(12-15)16-2-5-24-6-3-16)20-21(23)29-32(22(20)27-19)18-4-7-25-28-18/h4,7,10-12,14,16,24H,2-3,5-6,8-9,13H2,1H3,(H2,23,29)(H,25,28). The number of hydrogen-bond donors (Lipinski definition) is 3. The molecule has 2 aliphatic heterocycles. The zero-order chi connectivity index (χ0) is 22.4. The topological polar surface area (TPSA) is 128 Å². The van der Waals surface area contributed by atoms with E-state index in [4.69, 9.17) is 20.6 Å². The van der Waals surface area contributed by atoms with Crippen LogP contribution in [0.4, 0.5) is 11.6 Å². The zero-order valence-electron chi connectivity index (χ0n) is 18.6. The second-order valence-corrected chi connectivity index (χ2v) is 8.77. The lowest BCUT2D eigenvalue weighted by molar-refractivity contribution is 0.0986. The lowest BCUT2D eigenvalue weighted by atomic mass is 10.1. The van der Waals surface area contributed by atoms with E-state index < -0.39 is 0 Å². The van der Waals surface area contributed by atoms with Crippen LogP contribution in [-0.4, -0.2) is 73.6 Å². The number of rotatable bonds is 4. The van der Waals surface area contributed by atoms with Crippen LogP contribution in [0, 0.1) is 0 Å². The van der Waals surface area contributed by atoms with Gasteiger partial charge in [0.05, 0.1) is 43.1 Å². The Morgan fingerprint density at radius 3 is 2.91 bits per heavy atom. The molecule has 1 unspecified atom stereocenters. The number of nitrogens with two attached hydrogens (primary N) is 1. The maximum atomic E-state index is 6.45. The third-order valence-corrected chi connectivity index (χ3v) is 6.62. The van der Waals surface area contributed by atoms with Gasteiger partial charge in [0, 0.05) is 29.9 Å². The Morgan fingerprint density at radius 1 is 1.24 bits per heavy atom. The second-order valence-electron chi connectivity index (χ2n) is 8.77. The Bertz CT molecular complexity index is 1250. The molecular formula is C22H28N10O. The minimum atomic E-state index is 0.217. The summed E-state index contributed by atoms with van der Waals surface area (Å²) in [5.74, 6) is 2.02. The van der Waals surface area contributed by atoms with E-state index in [1.54, 1.807) is 10.9 Å². The molecule has 0 amide bonds. The molecule has 0 aliphatic carbocycles. The molecule has 0 saturated carbocycles. The van der Waals surface area contributed by atoms with Gasteiger partial charge in [0.15, 0.2) is 17.3 Å². The van der Waals surface area contributed by atoms with Gasteiger partial charge in [0.2, 0.25) is 0 Å². The van der Waals surface area contributed by atoms with E-state index in [2.05, 4.69) is 49.4 Å². The minimum absolute atomic E-state index is 0.217. The lowest BCUT2D eigenvalue weighted by Gasteiger charge is -2.34. The van der Waals surface area contributed by atoms with Crippen molar-refractivity contribution < 1.29 is 4.74 Å². The number of pyridine rings is 1. The van der Waals surface area contributed by atoms with Gasteiger partial charge in [-0.1, -0.05) is 0 Å². The van der Waals surface area contributed by atoms with Crippen LogP contribution in [0.15, 0.2) is 30.7 Å². The summed E-state index contributed by atoms with van der Waals surface area (Å²) in [5, 5.41) is 20.6. The molecule has 2 fully saturated rings. The smallest absolute Gasteiger partial charge is 0.169 e. The second kappa shape index (κ2) is 8.16. The highest BCUT2D eigenvalue weighted by Crippen LogP contribution is 2.36. The molecule has 0 bridgehead atoms. The van der Waals surface area contributed by atoms with Crippen molar-refractivity contribution in [3.05, 3.63) is 30.7 Å². The van der Waals surface area contributed by atoms with Gasteiger partial charge in [-0.25, -0.2) is 4.98 Å². The minimum Gasteiger partial charge on any atom is -0.382 e. The number of H-pyrrole nitrogens is 1. The van der Waals surface area contributed by atoms with Crippen LogP contribution >= 0.6 is 0 Å². The molecule has 33 heavy (non-hydrogen) atoms. The van der Waals surface area contributed by atoms with E-state index >= 15 is 0 Å². The van der Waals surface area contributed by atoms with Crippen molar-refractivity contribution in [3.8, 4) is 16.9 Å². The Kier molecular flexibility index (Phi) is 4.99. The van der Waals surface area contributed by atoms with Gasteiger partial charge in [-0.3, -0.25) is 9.78 Å². The number of piperidine rings is 1. The fourth-order valence-corrected chi connectivity index (χ4v) is 4.85. The first-order valence-electron chi connectivity index (χ1n) is 11.5. The monoisotopic (exact) mass is 448 g/mol. The normalized spacial score (nSPS) is 20.0. The maximum Gasteiger partial charge on any atom is 0.169 e. The molecule has 11 heteroatoms. The Balaban J connectivity index is 1.52. The molecule has 4 aromatic heterocycles. The van der Waals surface area contributed by atoms with Crippen molar-refractivity contribution in [2.75, 3.05) is 43.5 Å². The number of aromatic amines is 1. The summed E-state index contributed by atoms with van der Waals surface area (Å²) >= 11 is 0. The van der Waals surface area contributed by atoms with Crippen LogP contribution in [0.5, 0.6) is 0 Å². The van der Waals surface area contributed by atoms with Crippen molar-refractivity contribution >= 4 is 22.7 Å². The van der Waals surface area contributed by atoms with Gasteiger partial charge >= 0.3 is 0 Å². The van der Waals surface area contributed by atoms with Crippen molar-refractivity contribution in [1.29, 1.82) is 0 Å². The van der Waals surface area contributed by atoms with Gasteiger partial charge in [-0.15, -0.1) is 5.10 Å². The summed E-state index contributed by atoms with van der Waals surface area (Å²) in [5.41, 5.74) is 9.14. The molecule has 4 aromatic rings. The Morgan fingerprint density at radius 2 is 2.12 bits per heavy atom. The number of ether oxygens (including phenoxy) is 1. The van der Waals surface area contributed by atoms with E-state index in [1.165, 1.54) is 0 Å². The van der Waals surface area contributed by atoms with E-state index in [-0.39, 0.29) is 6.04 Å². The summed E-state index contributed by atoms with van der Waals surface area (Å²) in [7, 11) is 0. The molecule has 0 spiro atoms. The molecule has 11 nitrogen and oxygen atoms in total. The van der Waals surface area contributed by atoms with Crippen molar-refractivity contribution in [2.45, 2.75) is 31.8 Å². The molecule has 172 valence electrons. The van der Waals surface area contributed by atoms with Gasteiger partial charge in [0.25, 0.3) is 0 Å². The third kappa shape index (κ3) is 3.53. The number of nitrogen functional groups attached to an aromatic ring is 1. The number of hydrogen-bond acceptors (Lipinski definition) is 8. The van der Waals surface area contributed by atoms with Gasteiger partial charge in [-0.05, 0) is 38.9 Å². The molecule has 2 aliphatic rings. The predicted molar refractivity (Wildman–Crippen MR) is 125 cm³/mol. The highest BCUT2D eigenvalue weighted by atomic mass is 16.5. The third-order valence-electron chi connectivity index (χ3n) is 6.62. The van der Waals surface area contributed by atoms with Crippen LogP contribution < -0.4 is 16.0 Å². The fraction of sp³-hybridized carbons (Fsp3) is 0.455. The molecule has 0 aromatic carbocycles. The van der Waals surface area contributed by atoms with Gasteiger partial charge in [0.1, 0.15) is 5.82 Å². The number of nitrogens with zero attached hydrogens (tertiary/aromatic N) is 7. The largest absolute Gasteiger partial charge is 0.382 e. The number of nitrogens with one attached hydrogen (secondary N) is 2. The van der Waals surface area contributed by atoms with E-state index in [1.807, 2.05) is 12.3 Å². The Labute approximate surface area is 190 Å². The predicted octanol–water partition coefficient (Wildman–Crippen LogP) is 1.74. The number of fused-ring (bicyclic) bond motifs is 1. The molecular weight excluding hydrogens is 420 g/mol. The average Bonchev–Trinajstić information content (AvgIpc) is 3.60. The molecule has 2 saturated heterocycles. The number of anilines is 2. The summed E-state index contributed by atoms with van der Waals surface area (Å²) in [6, 6.07) is 4.59. The molecule has 1 atom stereocenters. The lowest BCUT2D eigenvalue weighted by Crippen LogP contribution is -2.44. The van der Waals surface area contributed by atoms with Crippen molar-refractivity contribution in [3.63, 3.8) is 0 Å². The van der Waals surface area contributed by atoms with Gasteiger partial charge < -0.3 is 20.7 Å². The van der Waals surface area contributed by atoms with Crippen LogP contribution in [0.1, 0.15) is 25.8 Å². The summed E-state index contributed by atoms with van der Waals surface area (Å²) < 4.78 is 9.48. The quantitative estimate of drug-likeness (QED) is 0.431. The zero-order valence-corrected chi connectivity index (χ0v) is 18.6. The highest BCUT2D eigenvalue weighted by molar-refractivity contribution is 6.01. The molecule has 6 heterocycles. The summed E-state index contributed by atoms with van der Waals surface area (Å²) in [6.45, 7) is 6.31. The first-order valence-corrected chi connectivity index (χ1v) is 11.5. The fourth-order valence-electron chi connectivity index (χ4n) is 4.85. The van der Waals surface area contributed by atoms with Crippen LogP contribution in [0.3, 0.4) is 0 Å². The van der Waals surface area contributed by atoms with Crippen LogP contribution in [-0.2, 0) is 4.74 Å².